The molecule has 0 amide bonds. The van der Waals surface area contributed by atoms with E-state index in [0.29, 0.717) is 6.04 Å². The van der Waals surface area contributed by atoms with Crippen molar-refractivity contribution < 1.29 is 0 Å². The molecule has 78 valence electrons. The van der Waals surface area contributed by atoms with Crippen molar-refractivity contribution in [1.29, 1.82) is 0 Å². The van der Waals surface area contributed by atoms with E-state index in [1.807, 2.05) is 24.0 Å². The molecule has 1 unspecified atom stereocenters. The highest BCUT2D eigenvalue weighted by Gasteiger charge is 2.03. The van der Waals surface area contributed by atoms with Crippen LogP contribution in [0.2, 0.25) is 0 Å². The van der Waals surface area contributed by atoms with Crippen LogP contribution in [-0.2, 0) is 0 Å². The fourth-order valence-electron chi connectivity index (χ4n) is 1.09. The molecule has 1 aromatic rings. The van der Waals surface area contributed by atoms with Gasteiger partial charge in [0.1, 0.15) is 0 Å². The summed E-state index contributed by atoms with van der Waals surface area (Å²) in [4.78, 5) is 4.02. The Morgan fingerprint density at radius 1 is 1.64 bits per heavy atom. The number of hydrogen-bond acceptors (Lipinski definition) is 3. The molecule has 0 saturated carbocycles. The van der Waals surface area contributed by atoms with E-state index in [2.05, 4.69) is 40.1 Å². The van der Waals surface area contributed by atoms with Gasteiger partial charge in [-0.15, -0.1) is 0 Å². The van der Waals surface area contributed by atoms with Gasteiger partial charge in [0.2, 0.25) is 0 Å². The lowest BCUT2D eigenvalue weighted by molar-refractivity contribution is 0.911. The number of hydrogen-bond donors (Lipinski definition) is 1. The number of rotatable bonds is 5. The molecule has 0 aliphatic carbocycles. The van der Waals surface area contributed by atoms with Crippen LogP contribution in [-0.4, -0.2) is 22.5 Å². The Hall–Kier alpha value is -0.220. The molecule has 0 saturated heterocycles. The number of halogens is 1. The van der Waals surface area contributed by atoms with Crippen LogP contribution < -0.4 is 5.32 Å². The molecule has 2 nitrogen and oxygen atoms in total. The average molecular weight is 275 g/mol. The molecule has 1 N–H and O–H groups in total. The van der Waals surface area contributed by atoms with Gasteiger partial charge in [-0.3, -0.25) is 4.98 Å². The van der Waals surface area contributed by atoms with E-state index in [1.165, 1.54) is 5.75 Å². The van der Waals surface area contributed by atoms with E-state index in [0.717, 1.165) is 15.9 Å². The third-order valence-corrected chi connectivity index (χ3v) is 3.52. The summed E-state index contributed by atoms with van der Waals surface area (Å²) in [5.41, 5.74) is 1.12. The van der Waals surface area contributed by atoms with Crippen LogP contribution in [0.1, 0.15) is 13.8 Å². The standard InChI is InChI=1S/C10H15BrN2S/c1-3-14-7-8(2)13-10-4-5-12-6-9(10)11/h4-6,8H,3,7H2,1-2H3,(H,12,13). The molecule has 0 spiro atoms. The summed E-state index contributed by atoms with van der Waals surface area (Å²) < 4.78 is 1.02. The Kier molecular flexibility index (Phi) is 5.33. The fourth-order valence-corrected chi connectivity index (χ4v) is 2.13. The molecular weight excluding hydrogens is 260 g/mol. The molecule has 4 heteroatoms. The van der Waals surface area contributed by atoms with Gasteiger partial charge < -0.3 is 5.32 Å². The van der Waals surface area contributed by atoms with E-state index < -0.39 is 0 Å². The van der Waals surface area contributed by atoms with Gasteiger partial charge >= 0.3 is 0 Å². The Bertz CT molecular complexity index is 281. The summed E-state index contributed by atoms with van der Waals surface area (Å²) in [5, 5.41) is 3.44. The Balaban J connectivity index is 2.47. The second-order valence-electron chi connectivity index (χ2n) is 3.06. The normalized spacial score (nSPS) is 12.5. The van der Waals surface area contributed by atoms with Crippen LogP contribution in [0.25, 0.3) is 0 Å². The van der Waals surface area contributed by atoms with Crippen LogP contribution >= 0.6 is 27.7 Å². The summed E-state index contributed by atoms with van der Waals surface area (Å²) >= 11 is 5.41. The maximum Gasteiger partial charge on any atom is 0.0590 e. The van der Waals surface area contributed by atoms with Gasteiger partial charge in [0.05, 0.1) is 10.2 Å². The summed E-state index contributed by atoms with van der Waals surface area (Å²) in [6, 6.07) is 2.47. The predicted molar refractivity (Wildman–Crippen MR) is 68.0 cm³/mol. The molecule has 14 heavy (non-hydrogen) atoms. The van der Waals surface area contributed by atoms with Crippen LogP contribution in [0.5, 0.6) is 0 Å². The van der Waals surface area contributed by atoms with Crippen molar-refractivity contribution in [3.05, 3.63) is 22.9 Å². The number of anilines is 1. The van der Waals surface area contributed by atoms with Crippen molar-refractivity contribution in [2.24, 2.45) is 0 Å². The summed E-state index contributed by atoms with van der Waals surface area (Å²) in [5.74, 6) is 2.30. The predicted octanol–water partition coefficient (Wildman–Crippen LogP) is 3.40. The zero-order valence-corrected chi connectivity index (χ0v) is 10.9. The van der Waals surface area contributed by atoms with Gasteiger partial charge in [0.25, 0.3) is 0 Å². The van der Waals surface area contributed by atoms with Crippen LogP contribution in [0, 0.1) is 0 Å². The van der Waals surface area contributed by atoms with Gasteiger partial charge in [0, 0.05) is 24.2 Å². The van der Waals surface area contributed by atoms with Crippen molar-refractivity contribution in [1.82, 2.24) is 4.98 Å². The molecule has 1 heterocycles. The van der Waals surface area contributed by atoms with Crippen molar-refractivity contribution in [2.75, 3.05) is 16.8 Å². The lowest BCUT2D eigenvalue weighted by Gasteiger charge is -2.15. The second-order valence-corrected chi connectivity index (χ2v) is 5.23. The van der Waals surface area contributed by atoms with Gasteiger partial charge in [0.15, 0.2) is 0 Å². The number of aromatic nitrogens is 1. The molecular formula is C10H15BrN2S. The number of thioether (sulfide) groups is 1. The summed E-state index contributed by atoms with van der Waals surface area (Å²) in [7, 11) is 0. The smallest absolute Gasteiger partial charge is 0.0590 e. The molecule has 0 aromatic carbocycles. The number of nitrogens with one attached hydrogen (secondary N) is 1. The minimum Gasteiger partial charge on any atom is -0.381 e. The third kappa shape index (κ3) is 3.88. The summed E-state index contributed by atoms with van der Waals surface area (Å²) in [6.07, 6.45) is 3.61. The first-order chi connectivity index (χ1) is 6.74. The lowest BCUT2D eigenvalue weighted by atomic mass is 10.3. The van der Waals surface area contributed by atoms with Crippen LogP contribution in [0.15, 0.2) is 22.9 Å². The third-order valence-electron chi connectivity index (χ3n) is 1.75. The molecule has 0 aliphatic heterocycles. The van der Waals surface area contributed by atoms with E-state index in [-0.39, 0.29) is 0 Å². The van der Waals surface area contributed by atoms with Gasteiger partial charge in [-0.25, -0.2) is 0 Å². The van der Waals surface area contributed by atoms with Gasteiger partial charge in [-0.1, -0.05) is 6.92 Å². The van der Waals surface area contributed by atoms with Crippen LogP contribution in [0.4, 0.5) is 5.69 Å². The maximum atomic E-state index is 4.02. The van der Waals surface area contributed by atoms with Crippen molar-refractivity contribution in [2.45, 2.75) is 19.9 Å². The average Bonchev–Trinajstić information content (AvgIpc) is 2.18. The lowest BCUT2D eigenvalue weighted by Crippen LogP contribution is -2.18. The van der Waals surface area contributed by atoms with Crippen LogP contribution in [0.3, 0.4) is 0 Å². The Morgan fingerprint density at radius 2 is 2.43 bits per heavy atom. The van der Waals surface area contributed by atoms with E-state index in [1.54, 1.807) is 6.20 Å². The fraction of sp³-hybridized carbons (Fsp3) is 0.500. The molecule has 0 fully saturated rings. The van der Waals surface area contributed by atoms with Crippen molar-refractivity contribution >= 4 is 33.4 Å². The molecule has 0 bridgehead atoms. The largest absolute Gasteiger partial charge is 0.381 e. The van der Waals surface area contributed by atoms with Gasteiger partial charge in [-0.2, -0.15) is 11.8 Å². The zero-order valence-electron chi connectivity index (χ0n) is 8.46. The highest BCUT2D eigenvalue weighted by molar-refractivity contribution is 9.10. The first-order valence-electron chi connectivity index (χ1n) is 4.67. The monoisotopic (exact) mass is 274 g/mol. The van der Waals surface area contributed by atoms with Gasteiger partial charge in [-0.05, 0) is 34.7 Å². The van der Waals surface area contributed by atoms with Crippen molar-refractivity contribution in [3.63, 3.8) is 0 Å². The highest BCUT2D eigenvalue weighted by Crippen LogP contribution is 2.21. The van der Waals surface area contributed by atoms with E-state index in [9.17, 15) is 0 Å². The maximum absolute atomic E-state index is 4.02. The molecule has 0 radical (unpaired) electrons. The minimum atomic E-state index is 0.485. The second kappa shape index (κ2) is 6.30. The van der Waals surface area contributed by atoms with E-state index in [4.69, 9.17) is 0 Å². The van der Waals surface area contributed by atoms with E-state index >= 15 is 0 Å². The molecule has 1 aromatic heterocycles. The molecule has 1 rings (SSSR count). The number of pyridine rings is 1. The Labute approximate surface area is 98.0 Å². The van der Waals surface area contributed by atoms with Crippen molar-refractivity contribution in [3.8, 4) is 0 Å². The Morgan fingerprint density at radius 3 is 3.07 bits per heavy atom. The first kappa shape index (κ1) is 11.9. The first-order valence-corrected chi connectivity index (χ1v) is 6.62. The molecule has 0 aliphatic rings. The minimum absolute atomic E-state index is 0.485. The molecule has 1 atom stereocenters. The number of nitrogens with zero attached hydrogens (tertiary/aromatic N) is 1. The quantitative estimate of drug-likeness (QED) is 0.891. The highest BCUT2D eigenvalue weighted by atomic mass is 79.9. The topological polar surface area (TPSA) is 24.9 Å². The zero-order chi connectivity index (χ0) is 10.4. The SMILES string of the molecule is CCSCC(C)Nc1ccncc1Br. The summed E-state index contributed by atoms with van der Waals surface area (Å²) in [6.45, 7) is 4.37.